The fourth-order valence-electron chi connectivity index (χ4n) is 2.58. The van der Waals surface area contributed by atoms with Gasteiger partial charge in [-0.1, -0.05) is 12.1 Å². The van der Waals surface area contributed by atoms with Crippen molar-refractivity contribution in [2.24, 2.45) is 0 Å². The summed E-state index contributed by atoms with van der Waals surface area (Å²) in [6, 6.07) is 8.45. The van der Waals surface area contributed by atoms with Crippen LogP contribution in [0.4, 0.5) is 5.69 Å². The maximum Gasteiger partial charge on any atom is 0.309 e. The average molecular weight is 285 g/mol. The van der Waals surface area contributed by atoms with Gasteiger partial charge in [-0.3, -0.25) is 4.79 Å². The van der Waals surface area contributed by atoms with Crippen LogP contribution in [0.15, 0.2) is 34.9 Å². The predicted molar refractivity (Wildman–Crippen MR) is 80.5 cm³/mol. The molecule has 21 heavy (non-hydrogen) atoms. The predicted octanol–water partition coefficient (Wildman–Crippen LogP) is 2.25. The highest BCUT2D eigenvalue weighted by atomic mass is 16.4. The number of rotatable bonds is 2. The molecule has 0 aliphatic carbocycles. The van der Waals surface area contributed by atoms with E-state index in [-0.39, 0.29) is 11.8 Å². The number of benzene rings is 1. The zero-order chi connectivity index (χ0) is 14.8. The molecule has 2 heterocycles. The molecule has 1 aliphatic heterocycles. The Kier molecular flexibility index (Phi) is 3.64. The molecule has 1 saturated heterocycles. The number of carbonyl (C=O) groups excluding carboxylic acids is 1. The van der Waals surface area contributed by atoms with E-state index in [1.165, 1.54) is 11.3 Å². The van der Waals surface area contributed by atoms with Crippen LogP contribution >= 0.6 is 0 Å². The maximum absolute atomic E-state index is 12.3. The van der Waals surface area contributed by atoms with Crippen molar-refractivity contribution in [2.75, 3.05) is 31.1 Å². The molecule has 1 aliphatic rings. The zero-order valence-electron chi connectivity index (χ0n) is 12.4. The van der Waals surface area contributed by atoms with E-state index in [0.29, 0.717) is 18.8 Å². The third-order valence-corrected chi connectivity index (χ3v) is 3.74. The molecule has 110 valence electrons. The van der Waals surface area contributed by atoms with Crippen LogP contribution in [0.5, 0.6) is 0 Å². The van der Waals surface area contributed by atoms with E-state index in [2.05, 4.69) is 41.1 Å². The molecule has 1 aromatic carbocycles. The number of nitrogens with zero attached hydrogens (tertiary/aromatic N) is 3. The Morgan fingerprint density at radius 2 is 1.95 bits per heavy atom. The minimum atomic E-state index is -0.119. The van der Waals surface area contributed by atoms with E-state index >= 15 is 0 Å². The number of aryl methyl sites for hydroxylation is 2. The third kappa shape index (κ3) is 2.91. The van der Waals surface area contributed by atoms with Gasteiger partial charge in [-0.25, -0.2) is 4.98 Å². The minimum Gasteiger partial charge on any atom is -0.438 e. The van der Waals surface area contributed by atoms with E-state index in [9.17, 15) is 4.79 Å². The number of oxazole rings is 1. The molecule has 0 radical (unpaired) electrons. The molecule has 0 N–H and O–H groups in total. The fourth-order valence-corrected chi connectivity index (χ4v) is 2.58. The standard InChI is InChI=1S/C16H19N3O2/c1-12-4-3-5-14(10-12)18-6-8-19(9-7-18)16(20)15-17-11-13(2)21-15/h3-5,10-11H,6-9H2,1-2H3. The van der Waals surface area contributed by atoms with Crippen molar-refractivity contribution < 1.29 is 9.21 Å². The average Bonchev–Trinajstić information content (AvgIpc) is 2.93. The van der Waals surface area contributed by atoms with E-state index in [1.54, 1.807) is 18.0 Å². The molecule has 1 aromatic heterocycles. The van der Waals surface area contributed by atoms with Crippen molar-refractivity contribution in [3.8, 4) is 0 Å². The van der Waals surface area contributed by atoms with Gasteiger partial charge in [0.15, 0.2) is 0 Å². The summed E-state index contributed by atoms with van der Waals surface area (Å²) in [5.74, 6) is 0.736. The van der Waals surface area contributed by atoms with Gasteiger partial charge < -0.3 is 14.2 Å². The van der Waals surface area contributed by atoms with E-state index in [1.807, 2.05) is 0 Å². The lowest BCUT2D eigenvalue weighted by Crippen LogP contribution is -2.48. The summed E-state index contributed by atoms with van der Waals surface area (Å²) in [6.45, 7) is 6.92. The van der Waals surface area contributed by atoms with Gasteiger partial charge in [0.1, 0.15) is 5.76 Å². The highest BCUT2D eigenvalue weighted by molar-refractivity contribution is 5.89. The van der Waals surface area contributed by atoms with Crippen LogP contribution in [-0.4, -0.2) is 42.0 Å². The van der Waals surface area contributed by atoms with Crippen molar-refractivity contribution in [1.82, 2.24) is 9.88 Å². The normalized spacial score (nSPS) is 15.3. The first-order valence-corrected chi connectivity index (χ1v) is 7.17. The van der Waals surface area contributed by atoms with Gasteiger partial charge in [0.25, 0.3) is 5.89 Å². The first kappa shape index (κ1) is 13.7. The molecule has 3 rings (SSSR count). The molecule has 0 saturated carbocycles. The molecule has 0 unspecified atom stereocenters. The Labute approximate surface area is 124 Å². The van der Waals surface area contributed by atoms with Crippen molar-refractivity contribution in [3.63, 3.8) is 0 Å². The quantitative estimate of drug-likeness (QED) is 0.849. The number of amides is 1. The highest BCUT2D eigenvalue weighted by Gasteiger charge is 2.25. The van der Waals surface area contributed by atoms with Gasteiger partial charge in [-0.15, -0.1) is 0 Å². The molecule has 1 amide bonds. The van der Waals surface area contributed by atoms with Gasteiger partial charge in [0.2, 0.25) is 0 Å². The summed E-state index contributed by atoms with van der Waals surface area (Å²) in [6.07, 6.45) is 1.58. The fraction of sp³-hybridized carbons (Fsp3) is 0.375. The van der Waals surface area contributed by atoms with Gasteiger partial charge >= 0.3 is 5.91 Å². The van der Waals surface area contributed by atoms with Gasteiger partial charge in [-0.2, -0.15) is 0 Å². The second kappa shape index (κ2) is 5.60. The monoisotopic (exact) mass is 285 g/mol. The first-order chi connectivity index (χ1) is 10.1. The lowest BCUT2D eigenvalue weighted by atomic mass is 10.2. The molecule has 5 nitrogen and oxygen atoms in total. The summed E-state index contributed by atoms with van der Waals surface area (Å²) in [5.41, 5.74) is 2.47. The third-order valence-electron chi connectivity index (χ3n) is 3.74. The van der Waals surface area contributed by atoms with Crippen molar-refractivity contribution in [1.29, 1.82) is 0 Å². The van der Waals surface area contributed by atoms with Gasteiger partial charge in [0, 0.05) is 31.9 Å². The Balaban J connectivity index is 1.64. The molecule has 0 atom stereocenters. The van der Waals surface area contributed by atoms with Crippen LogP contribution in [0.2, 0.25) is 0 Å². The van der Waals surface area contributed by atoms with Gasteiger partial charge in [0.05, 0.1) is 6.20 Å². The minimum absolute atomic E-state index is 0.119. The number of piperazine rings is 1. The second-order valence-corrected chi connectivity index (χ2v) is 5.39. The van der Waals surface area contributed by atoms with Crippen molar-refractivity contribution in [2.45, 2.75) is 13.8 Å². The van der Waals surface area contributed by atoms with Gasteiger partial charge in [-0.05, 0) is 31.5 Å². The van der Waals surface area contributed by atoms with Crippen LogP contribution in [-0.2, 0) is 0 Å². The molecular formula is C16H19N3O2. The largest absolute Gasteiger partial charge is 0.438 e. The maximum atomic E-state index is 12.3. The summed E-state index contributed by atoms with van der Waals surface area (Å²) in [7, 11) is 0. The summed E-state index contributed by atoms with van der Waals surface area (Å²) < 4.78 is 5.31. The number of hydrogen-bond acceptors (Lipinski definition) is 4. The topological polar surface area (TPSA) is 49.6 Å². The Morgan fingerprint density at radius 1 is 1.19 bits per heavy atom. The van der Waals surface area contributed by atoms with Crippen LogP contribution in [0, 0.1) is 13.8 Å². The molecule has 1 fully saturated rings. The summed E-state index contributed by atoms with van der Waals surface area (Å²) in [4.78, 5) is 20.4. The van der Waals surface area contributed by atoms with Crippen molar-refractivity contribution >= 4 is 11.6 Å². The number of hydrogen-bond donors (Lipinski definition) is 0. The van der Waals surface area contributed by atoms with E-state index in [4.69, 9.17) is 4.42 Å². The molecule has 5 heteroatoms. The Hall–Kier alpha value is -2.30. The first-order valence-electron chi connectivity index (χ1n) is 7.17. The molecule has 0 spiro atoms. The highest BCUT2D eigenvalue weighted by Crippen LogP contribution is 2.18. The smallest absolute Gasteiger partial charge is 0.309 e. The molecule has 2 aromatic rings. The number of aromatic nitrogens is 1. The van der Waals surface area contributed by atoms with E-state index < -0.39 is 0 Å². The lowest BCUT2D eigenvalue weighted by molar-refractivity contribution is 0.0705. The van der Waals surface area contributed by atoms with E-state index in [0.717, 1.165) is 13.1 Å². The summed E-state index contributed by atoms with van der Waals surface area (Å²) >= 11 is 0. The SMILES string of the molecule is Cc1cccc(N2CCN(C(=O)c3ncc(C)o3)CC2)c1. The van der Waals surface area contributed by atoms with Crippen LogP contribution in [0.25, 0.3) is 0 Å². The van der Waals surface area contributed by atoms with Crippen molar-refractivity contribution in [3.05, 3.63) is 47.7 Å². The Morgan fingerprint density at radius 3 is 2.57 bits per heavy atom. The number of carbonyl (C=O) groups is 1. The Bertz CT molecular complexity index is 642. The van der Waals surface area contributed by atoms with Crippen LogP contribution < -0.4 is 4.90 Å². The van der Waals surface area contributed by atoms with Crippen LogP contribution in [0.1, 0.15) is 22.0 Å². The lowest BCUT2D eigenvalue weighted by Gasteiger charge is -2.35. The summed E-state index contributed by atoms with van der Waals surface area (Å²) in [5, 5.41) is 0. The number of anilines is 1. The zero-order valence-corrected chi connectivity index (χ0v) is 12.4. The molecular weight excluding hydrogens is 266 g/mol. The second-order valence-electron chi connectivity index (χ2n) is 5.39. The molecule has 0 bridgehead atoms. The van der Waals surface area contributed by atoms with Crippen LogP contribution in [0.3, 0.4) is 0 Å².